The van der Waals surface area contributed by atoms with Gasteiger partial charge in [-0.2, -0.15) is 0 Å². The largest absolute Gasteiger partial charge is 0.444 e. The molecule has 180 valence electrons. The molecule has 0 spiro atoms. The van der Waals surface area contributed by atoms with Crippen molar-refractivity contribution in [3.63, 3.8) is 0 Å². The lowest BCUT2D eigenvalue weighted by Gasteiger charge is -2.21. The maximum absolute atomic E-state index is 11.3. The molecule has 2 aliphatic carbocycles. The molecule has 0 aromatic rings. The van der Waals surface area contributed by atoms with Crippen molar-refractivity contribution in [2.75, 3.05) is 0 Å². The van der Waals surface area contributed by atoms with Crippen molar-refractivity contribution in [3.05, 3.63) is 0 Å². The first-order chi connectivity index (χ1) is 12.7. The number of rotatable bonds is 2. The third kappa shape index (κ3) is 14.9. The molecule has 30 heavy (non-hydrogen) atoms. The van der Waals surface area contributed by atoms with Gasteiger partial charge >= 0.3 is 12.2 Å². The fourth-order valence-corrected chi connectivity index (χ4v) is 3.24. The Morgan fingerprint density at radius 1 is 0.700 bits per heavy atom. The van der Waals surface area contributed by atoms with Crippen LogP contribution in [0.3, 0.4) is 0 Å². The number of nitrogens with two attached hydrogens (primary N) is 2. The number of amides is 2. The van der Waals surface area contributed by atoms with Crippen LogP contribution in [0, 0.1) is 0 Å². The van der Waals surface area contributed by atoms with Crippen LogP contribution in [0.1, 0.15) is 80.1 Å². The Labute approximate surface area is 193 Å². The molecular weight excluding hydrogens is 431 g/mol. The number of hydrogen-bond donors (Lipinski definition) is 4. The Hall–Kier alpha value is -0.960. The van der Waals surface area contributed by atoms with E-state index in [1.165, 1.54) is 0 Å². The van der Waals surface area contributed by atoms with E-state index in [-0.39, 0.29) is 61.2 Å². The van der Waals surface area contributed by atoms with Gasteiger partial charge < -0.3 is 31.6 Å². The maximum Gasteiger partial charge on any atom is 0.407 e. The minimum absolute atomic E-state index is 0. The Bertz CT molecular complexity index is 478. The van der Waals surface area contributed by atoms with Crippen molar-refractivity contribution < 1.29 is 19.1 Å². The molecule has 8 nitrogen and oxygen atoms in total. The van der Waals surface area contributed by atoms with Crippen LogP contribution in [0.5, 0.6) is 0 Å². The monoisotopic (exact) mass is 472 g/mol. The number of ether oxygens (including phenoxy) is 2. The van der Waals surface area contributed by atoms with Crippen molar-refractivity contribution in [1.82, 2.24) is 10.6 Å². The van der Waals surface area contributed by atoms with Gasteiger partial charge in [-0.25, -0.2) is 9.59 Å². The van der Waals surface area contributed by atoms with Crippen LogP contribution in [0.2, 0.25) is 0 Å². The van der Waals surface area contributed by atoms with E-state index < -0.39 is 11.2 Å². The summed E-state index contributed by atoms with van der Waals surface area (Å²) in [5.41, 5.74) is 10.6. The third-order valence-electron chi connectivity index (χ3n) is 4.39. The second-order valence-corrected chi connectivity index (χ2v) is 9.83. The van der Waals surface area contributed by atoms with Gasteiger partial charge in [0.15, 0.2) is 0 Å². The number of hydrogen-bond acceptors (Lipinski definition) is 6. The predicted molar refractivity (Wildman–Crippen MR) is 124 cm³/mol. The van der Waals surface area contributed by atoms with Crippen LogP contribution in [0.4, 0.5) is 9.59 Å². The summed E-state index contributed by atoms with van der Waals surface area (Å²) in [4.78, 5) is 22.7. The molecule has 2 fully saturated rings. The molecule has 2 rings (SSSR count). The Balaban J connectivity index is 0. The molecule has 2 aliphatic rings. The number of nitrogens with one attached hydrogen (secondary N) is 2. The second kappa shape index (κ2) is 13.5. The average Bonchev–Trinajstić information content (AvgIpc) is 3.04. The molecule has 6 N–H and O–H groups in total. The van der Waals surface area contributed by atoms with E-state index in [4.69, 9.17) is 20.9 Å². The van der Waals surface area contributed by atoms with Gasteiger partial charge in [0.1, 0.15) is 11.2 Å². The highest BCUT2D eigenvalue weighted by molar-refractivity contribution is 5.85. The summed E-state index contributed by atoms with van der Waals surface area (Å²) in [5, 5.41) is 5.65. The van der Waals surface area contributed by atoms with Gasteiger partial charge in [0.05, 0.1) is 0 Å². The zero-order valence-corrected chi connectivity index (χ0v) is 20.8. The van der Waals surface area contributed by atoms with E-state index >= 15 is 0 Å². The Kier molecular flexibility index (Phi) is 14.0. The van der Waals surface area contributed by atoms with Crippen LogP contribution in [-0.2, 0) is 9.47 Å². The summed E-state index contributed by atoms with van der Waals surface area (Å²) in [6.07, 6.45) is 4.94. The molecule has 2 amide bonds. The third-order valence-corrected chi connectivity index (χ3v) is 4.39. The number of carbonyl (C=O) groups excluding carboxylic acids is 2. The number of carbonyl (C=O) groups is 2. The minimum atomic E-state index is -0.426. The standard InChI is InChI=1S/2C10H20N2O2.2ClH/c2*1-10(2,3)14-9(13)12-8-5-4-7(11)6-8;;/h2*7-8H,4-6,11H2,1-3H3,(H,12,13);2*1H/t2*7-,8+;;/m10../s1. The summed E-state index contributed by atoms with van der Waals surface area (Å²) in [5.74, 6) is 0. The van der Waals surface area contributed by atoms with Crippen molar-refractivity contribution in [2.24, 2.45) is 11.5 Å². The van der Waals surface area contributed by atoms with Gasteiger partial charge in [0.2, 0.25) is 0 Å². The molecule has 2 saturated carbocycles. The highest BCUT2D eigenvalue weighted by Crippen LogP contribution is 2.18. The molecule has 0 aliphatic heterocycles. The molecule has 0 bridgehead atoms. The van der Waals surface area contributed by atoms with Gasteiger partial charge in [-0.05, 0) is 80.1 Å². The highest BCUT2D eigenvalue weighted by Gasteiger charge is 2.26. The highest BCUT2D eigenvalue weighted by atomic mass is 35.5. The van der Waals surface area contributed by atoms with E-state index in [0.29, 0.717) is 0 Å². The van der Waals surface area contributed by atoms with Gasteiger partial charge in [-0.15, -0.1) is 24.8 Å². The van der Waals surface area contributed by atoms with E-state index in [2.05, 4.69) is 10.6 Å². The predicted octanol–water partition coefficient (Wildman–Crippen LogP) is 3.63. The fraction of sp³-hybridized carbons (Fsp3) is 0.900. The van der Waals surface area contributed by atoms with Crippen LogP contribution in [-0.4, -0.2) is 47.6 Å². The van der Waals surface area contributed by atoms with Crippen molar-refractivity contribution in [3.8, 4) is 0 Å². The molecule has 0 aromatic heterocycles. The number of alkyl carbamates (subject to hydrolysis) is 2. The maximum atomic E-state index is 11.3. The lowest BCUT2D eigenvalue weighted by Crippen LogP contribution is -2.38. The van der Waals surface area contributed by atoms with Crippen molar-refractivity contribution >= 4 is 37.0 Å². The first-order valence-electron chi connectivity index (χ1n) is 10.2. The van der Waals surface area contributed by atoms with Crippen molar-refractivity contribution in [2.45, 2.75) is 115 Å². The normalized spacial score (nSPS) is 25.6. The van der Waals surface area contributed by atoms with E-state index in [1.807, 2.05) is 41.5 Å². The summed E-state index contributed by atoms with van der Waals surface area (Å²) < 4.78 is 10.3. The van der Waals surface area contributed by atoms with E-state index in [1.54, 1.807) is 0 Å². The molecule has 0 aromatic carbocycles. The zero-order valence-electron chi connectivity index (χ0n) is 19.2. The van der Waals surface area contributed by atoms with Crippen LogP contribution < -0.4 is 22.1 Å². The summed E-state index contributed by atoms with van der Waals surface area (Å²) in [6, 6.07) is 0.851. The molecule has 10 heteroatoms. The lowest BCUT2D eigenvalue weighted by atomic mass is 10.2. The van der Waals surface area contributed by atoms with Gasteiger partial charge in [0.25, 0.3) is 0 Å². The molecular formula is C20H42Cl2N4O4. The quantitative estimate of drug-likeness (QED) is 0.485. The summed E-state index contributed by atoms with van der Waals surface area (Å²) >= 11 is 0. The van der Waals surface area contributed by atoms with Crippen LogP contribution in [0.25, 0.3) is 0 Å². The fourth-order valence-electron chi connectivity index (χ4n) is 3.24. The topological polar surface area (TPSA) is 129 Å². The first-order valence-corrected chi connectivity index (χ1v) is 10.2. The Morgan fingerprint density at radius 2 is 1.00 bits per heavy atom. The lowest BCUT2D eigenvalue weighted by molar-refractivity contribution is 0.0493. The van der Waals surface area contributed by atoms with Crippen LogP contribution in [0.15, 0.2) is 0 Å². The molecule has 4 atom stereocenters. The summed E-state index contributed by atoms with van der Waals surface area (Å²) in [6.45, 7) is 11.1. The summed E-state index contributed by atoms with van der Waals surface area (Å²) in [7, 11) is 0. The Morgan fingerprint density at radius 3 is 1.20 bits per heavy atom. The van der Waals surface area contributed by atoms with Crippen molar-refractivity contribution in [1.29, 1.82) is 0 Å². The van der Waals surface area contributed by atoms with Gasteiger partial charge in [-0.3, -0.25) is 0 Å². The smallest absolute Gasteiger partial charge is 0.407 e. The molecule has 0 heterocycles. The zero-order chi connectivity index (χ0) is 21.5. The molecule has 0 unspecified atom stereocenters. The second-order valence-electron chi connectivity index (χ2n) is 9.83. The van der Waals surface area contributed by atoms with Gasteiger partial charge in [0, 0.05) is 24.2 Å². The van der Waals surface area contributed by atoms with E-state index in [9.17, 15) is 9.59 Å². The number of halogens is 2. The van der Waals surface area contributed by atoms with Gasteiger partial charge in [-0.1, -0.05) is 0 Å². The van der Waals surface area contributed by atoms with Crippen LogP contribution >= 0.6 is 24.8 Å². The average molecular weight is 473 g/mol. The SMILES string of the molecule is CC(C)(C)OC(=O)N[C@@H]1CC[C@H](N)C1.CC(C)(C)OC(=O)N[C@H]1CC[C@@H](N)C1.Cl.Cl. The molecule has 0 radical (unpaired) electrons. The molecule has 0 saturated heterocycles. The minimum Gasteiger partial charge on any atom is -0.444 e. The van der Waals surface area contributed by atoms with E-state index in [0.717, 1.165) is 38.5 Å². The first kappa shape index (κ1) is 31.2.